The minimum atomic E-state index is -4.62. The van der Waals surface area contributed by atoms with Gasteiger partial charge in [0.2, 0.25) is 11.8 Å². The van der Waals surface area contributed by atoms with E-state index in [4.69, 9.17) is 0 Å². The van der Waals surface area contributed by atoms with Crippen LogP contribution in [0.25, 0.3) is 0 Å². The van der Waals surface area contributed by atoms with Gasteiger partial charge in [-0.1, -0.05) is 33.8 Å². The third kappa shape index (κ3) is 7.09. The molecule has 7 nitrogen and oxygen atoms in total. The number of nitrogens with one attached hydrogen (secondary N) is 2. The van der Waals surface area contributed by atoms with Crippen LogP contribution < -0.4 is 10.6 Å². The second-order valence-electron chi connectivity index (χ2n) is 7.75. The maximum Gasteiger partial charge on any atom is 0.337 e. The van der Waals surface area contributed by atoms with Crippen molar-refractivity contribution in [2.24, 2.45) is 11.8 Å². The fraction of sp³-hybridized carbons (Fsp3) is 0.579. The molecule has 2 amide bonds. The van der Waals surface area contributed by atoms with E-state index in [1.807, 2.05) is 26.0 Å². The lowest BCUT2D eigenvalue weighted by molar-refractivity contribution is -0.127. The third-order valence-corrected chi connectivity index (χ3v) is 5.68. The highest BCUT2D eigenvalue weighted by Crippen LogP contribution is 2.44. The molecule has 0 heterocycles. The molecule has 1 aromatic carbocycles. The Kier molecular flexibility index (Phi) is 8.21. The zero-order valence-corrected chi connectivity index (χ0v) is 17.7. The van der Waals surface area contributed by atoms with E-state index in [-0.39, 0.29) is 18.3 Å². The molecule has 0 bridgehead atoms. The van der Waals surface area contributed by atoms with E-state index in [0.29, 0.717) is 5.69 Å². The van der Waals surface area contributed by atoms with Gasteiger partial charge in [0.05, 0.1) is 0 Å². The predicted molar refractivity (Wildman–Crippen MR) is 107 cm³/mol. The fourth-order valence-corrected chi connectivity index (χ4v) is 3.74. The van der Waals surface area contributed by atoms with Crippen LogP contribution in [0.3, 0.4) is 0 Å². The number of carbonyl (C=O) groups excluding carboxylic acids is 2. The molecule has 1 rings (SSSR count). The summed E-state index contributed by atoms with van der Waals surface area (Å²) in [7, 11) is -4.62. The molecule has 27 heavy (non-hydrogen) atoms. The molecule has 2 unspecified atom stereocenters. The summed E-state index contributed by atoms with van der Waals surface area (Å²) in [5.41, 5.74) is 1.26. The topological polar surface area (TPSA) is 116 Å². The third-order valence-electron chi connectivity index (χ3n) is 4.42. The van der Waals surface area contributed by atoms with E-state index in [2.05, 4.69) is 10.6 Å². The van der Waals surface area contributed by atoms with Crippen molar-refractivity contribution in [1.29, 1.82) is 0 Å². The SMILES string of the molecule is Cc1ccc(NC(=O)C(NC(=O)C(CC(C)C)P(=O)(O)O)C(C)C)cc1C. The van der Waals surface area contributed by atoms with Crippen LogP contribution in [0, 0.1) is 25.7 Å². The molecule has 0 saturated heterocycles. The van der Waals surface area contributed by atoms with Gasteiger partial charge in [-0.05, 0) is 55.4 Å². The van der Waals surface area contributed by atoms with Gasteiger partial charge in [0.15, 0.2) is 0 Å². The van der Waals surface area contributed by atoms with Gasteiger partial charge in [0, 0.05) is 5.69 Å². The summed E-state index contributed by atoms with van der Waals surface area (Å²) in [5, 5.41) is 5.30. The Labute approximate surface area is 161 Å². The molecule has 0 aliphatic carbocycles. The lowest BCUT2D eigenvalue weighted by atomic mass is 10.0. The first-order valence-electron chi connectivity index (χ1n) is 9.06. The van der Waals surface area contributed by atoms with Crippen molar-refractivity contribution in [2.45, 2.75) is 59.7 Å². The van der Waals surface area contributed by atoms with Crippen LogP contribution in [0.5, 0.6) is 0 Å². The van der Waals surface area contributed by atoms with Crippen LogP contribution >= 0.6 is 7.60 Å². The van der Waals surface area contributed by atoms with Crippen molar-refractivity contribution < 1.29 is 23.9 Å². The summed E-state index contributed by atoms with van der Waals surface area (Å²) < 4.78 is 11.7. The average Bonchev–Trinajstić information content (AvgIpc) is 2.52. The van der Waals surface area contributed by atoms with Gasteiger partial charge < -0.3 is 20.4 Å². The lowest BCUT2D eigenvalue weighted by Gasteiger charge is -2.26. The number of anilines is 1. The van der Waals surface area contributed by atoms with Crippen molar-refractivity contribution >= 4 is 25.1 Å². The second kappa shape index (κ2) is 9.49. The van der Waals surface area contributed by atoms with Crippen molar-refractivity contribution in [3.63, 3.8) is 0 Å². The van der Waals surface area contributed by atoms with E-state index in [1.165, 1.54) is 0 Å². The normalized spacial score (nSPS) is 14.1. The van der Waals surface area contributed by atoms with Crippen LogP contribution in [0.2, 0.25) is 0 Å². The summed E-state index contributed by atoms with van der Waals surface area (Å²) >= 11 is 0. The van der Waals surface area contributed by atoms with E-state index in [1.54, 1.807) is 33.8 Å². The van der Waals surface area contributed by atoms with Crippen LogP contribution in [0.4, 0.5) is 5.69 Å². The molecule has 0 aromatic heterocycles. The highest BCUT2D eigenvalue weighted by Gasteiger charge is 2.38. The second-order valence-corrected chi connectivity index (χ2v) is 9.55. The monoisotopic (exact) mass is 398 g/mol. The van der Waals surface area contributed by atoms with Crippen molar-refractivity contribution in [2.75, 3.05) is 5.32 Å². The van der Waals surface area contributed by atoms with Gasteiger partial charge >= 0.3 is 7.60 Å². The smallest absolute Gasteiger partial charge is 0.337 e. The summed E-state index contributed by atoms with van der Waals surface area (Å²) in [4.78, 5) is 44.2. The molecular weight excluding hydrogens is 367 g/mol. The maximum absolute atomic E-state index is 12.7. The first-order chi connectivity index (χ1) is 12.3. The maximum atomic E-state index is 12.7. The van der Waals surface area contributed by atoms with E-state index in [9.17, 15) is 23.9 Å². The zero-order valence-electron chi connectivity index (χ0n) is 16.8. The van der Waals surface area contributed by atoms with Gasteiger partial charge in [0.1, 0.15) is 11.7 Å². The molecule has 0 radical (unpaired) electrons. The Balaban J connectivity index is 2.96. The number of rotatable bonds is 8. The summed E-state index contributed by atoms with van der Waals surface area (Å²) in [6, 6.07) is 4.60. The molecule has 8 heteroatoms. The lowest BCUT2D eigenvalue weighted by Crippen LogP contribution is -2.50. The van der Waals surface area contributed by atoms with Gasteiger partial charge in [-0.3, -0.25) is 14.2 Å². The Morgan fingerprint density at radius 1 is 1.04 bits per heavy atom. The standard InChI is InChI=1S/C19H31N2O5P/c1-11(2)9-16(27(24,25)26)18(22)21-17(12(3)4)19(23)20-15-8-7-13(5)14(6)10-15/h7-8,10-12,16-17H,9H2,1-6H3,(H,20,23)(H,21,22)(H2,24,25,26). The summed E-state index contributed by atoms with van der Waals surface area (Å²) in [6.45, 7) is 11.0. The van der Waals surface area contributed by atoms with Crippen LogP contribution in [0.15, 0.2) is 18.2 Å². The molecule has 2 atom stereocenters. The number of carbonyl (C=O) groups is 2. The minimum absolute atomic E-state index is 0.0414. The van der Waals surface area contributed by atoms with E-state index in [0.717, 1.165) is 11.1 Å². The number of benzene rings is 1. The van der Waals surface area contributed by atoms with Crippen LogP contribution in [-0.4, -0.2) is 33.3 Å². The van der Waals surface area contributed by atoms with E-state index >= 15 is 0 Å². The molecule has 1 aromatic rings. The van der Waals surface area contributed by atoms with Crippen molar-refractivity contribution in [1.82, 2.24) is 5.32 Å². The van der Waals surface area contributed by atoms with Crippen molar-refractivity contribution in [3.8, 4) is 0 Å². The van der Waals surface area contributed by atoms with Gasteiger partial charge in [-0.15, -0.1) is 0 Å². The van der Waals surface area contributed by atoms with Crippen molar-refractivity contribution in [3.05, 3.63) is 29.3 Å². The zero-order chi connectivity index (χ0) is 20.9. The predicted octanol–water partition coefficient (Wildman–Crippen LogP) is 2.98. The first kappa shape index (κ1) is 23.3. The fourth-order valence-electron chi connectivity index (χ4n) is 2.67. The first-order valence-corrected chi connectivity index (χ1v) is 10.7. The van der Waals surface area contributed by atoms with E-state index < -0.39 is 31.1 Å². The minimum Gasteiger partial charge on any atom is -0.343 e. The molecule has 4 N–H and O–H groups in total. The Morgan fingerprint density at radius 2 is 1.63 bits per heavy atom. The quantitative estimate of drug-likeness (QED) is 0.503. The van der Waals surface area contributed by atoms with Crippen LogP contribution in [0.1, 0.15) is 45.2 Å². The molecule has 0 fully saturated rings. The Bertz CT molecular complexity index is 727. The van der Waals surface area contributed by atoms with Gasteiger partial charge in [-0.25, -0.2) is 0 Å². The number of hydrogen-bond donors (Lipinski definition) is 4. The largest absolute Gasteiger partial charge is 0.343 e. The average molecular weight is 398 g/mol. The molecular formula is C19H31N2O5P. The Morgan fingerprint density at radius 3 is 2.07 bits per heavy atom. The van der Waals surface area contributed by atoms with Crippen LogP contribution in [-0.2, 0) is 14.2 Å². The number of aryl methyl sites for hydroxylation is 2. The molecule has 0 aliphatic heterocycles. The molecule has 0 saturated carbocycles. The highest BCUT2D eigenvalue weighted by atomic mass is 31.2. The Hall–Kier alpha value is -1.69. The highest BCUT2D eigenvalue weighted by molar-refractivity contribution is 7.53. The summed E-state index contributed by atoms with van der Waals surface area (Å²) in [6.07, 6.45) is 0.0414. The number of hydrogen-bond acceptors (Lipinski definition) is 3. The van der Waals surface area contributed by atoms with Gasteiger partial charge in [-0.2, -0.15) is 0 Å². The molecule has 152 valence electrons. The molecule has 0 aliphatic rings. The van der Waals surface area contributed by atoms with Gasteiger partial charge in [0.25, 0.3) is 0 Å². The summed E-state index contributed by atoms with van der Waals surface area (Å²) in [5.74, 6) is -1.55. The number of amides is 2. The molecule has 0 spiro atoms.